The van der Waals surface area contributed by atoms with E-state index in [2.05, 4.69) is 4.98 Å². The maximum atomic E-state index is 11.2. The Morgan fingerprint density at radius 2 is 2.33 bits per heavy atom. The highest BCUT2D eigenvalue weighted by Gasteiger charge is 1.97. The number of nitrogens with zero attached hydrogens (tertiary/aromatic N) is 2. The zero-order chi connectivity index (χ0) is 8.97. The van der Waals surface area contributed by atoms with Crippen molar-refractivity contribution in [2.45, 2.75) is 19.9 Å². The van der Waals surface area contributed by atoms with Gasteiger partial charge in [-0.2, -0.15) is 0 Å². The highest BCUT2D eigenvalue weighted by Crippen LogP contribution is 1.92. The SMILES string of the molecule is Cc1cncc(=O)n1CCCO. The van der Waals surface area contributed by atoms with Gasteiger partial charge in [-0.05, 0) is 13.3 Å². The third-order valence-electron chi connectivity index (χ3n) is 1.68. The molecule has 1 N–H and O–H groups in total. The van der Waals surface area contributed by atoms with Crippen LogP contribution in [0.2, 0.25) is 0 Å². The van der Waals surface area contributed by atoms with E-state index in [1.165, 1.54) is 6.20 Å². The highest BCUT2D eigenvalue weighted by molar-refractivity contribution is 4.95. The summed E-state index contributed by atoms with van der Waals surface area (Å²) >= 11 is 0. The van der Waals surface area contributed by atoms with Gasteiger partial charge in [0.1, 0.15) is 0 Å². The second kappa shape index (κ2) is 4.01. The summed E-state index contributed by atoms with van der Waals surface area (Å²) in [5.41, 5.74) is 0.722. The summed E-state index contributed by atoms with van der Waals surface area (Å²) < 4.78 is 1.60. The average Bonchev–Trinajstić information content (AvgIpc) is 2.04. The lowest BCUT2D eigenvalue weighted by atomic mass is 10.4. The first-order valence-corrected chi connectivity index (χ1v) is 3.88. The van der Waals surface area contributed by atoms with E-state index < -0.39 is 0 Å². The van der Waals surface area contributed by atoms with Crippen molar-refractivity contribution in [3.63, 3.8) is 0 Å². The van der Waals surface area contributed by atoms with E-state index in [0.717, 1.165) is 5.69 Å². The fraction of sp³-hybridized carbons (Fsp3) is 0.500. The van der Waals surface area contributed by atoms with Crippen LogP contribution in [0.3, 0.4) is 0 Å². The first-order valence-electron chi connectivity index (χ1n) is 3.88. The Labute approximate surface area is 70.5 Å². The molecule has 1 aromatic rings. The number of aryl methyl sites for hydroxylation is 1. The molecular weight excluding hydrogens is 156 g/mol. The molecule has 1 rings (SSSR count). The number of aliphatic hydroxyl groups is 1. The fourth-order valence-corrected chi connectivity index (χ4v) is 1.04. The van der Waals surface area contributed by atoms with E-state index in [-0.39, 0.29) is 12.2 Å². The van der Waals surface area contributed by atoms with Crippen LogP contribution in [-0.2, 0) is 6.54 Å². The molecule has 0 fully saturated rings. The molecule has 0 radical (unpaired) electrons. The molecule has 1 heterocycles. The molecule has 0 aliphatic carbocycles. The summed E-state index contributed by atoms with van der Waals surface area (Å²) in [6.07, 6.45) is 3.52. The summed E-state index contributed by atoms with van der Waals surface area (Å²) in [7, 11) is 0. The molecule has 12 heavy (non-hydrogen) atoms. The largest absolute Gasteiger partial charge is 0.396 e. The van der Waals surface area contributed by atoms with Gasteiger partial charge in [-0.1, -0.05) is 0 Å². The molecule has 0 unspecified atom stereocenters. The molecule has 4 heteroatoms. The topological polar surface area (TPSA) is 55.1 Å². The van der Waals surface area contributed by atoms with Crippen molar-refractivity contribution >= 4 is 0 Å². The van der Waals surface area contributed by atoms with Crippen molar-refractivity contribution in [3.8, 4) is 0 Å². The number of rotatable bonds is 3. The Morgan fingerprint density at radius 1 is 1.58 bits per heavy atom. The zero-order valence-corrected chi connectivity index (χ0v) is 7.03. The Bertz CT molecular complexity index is 306. The van der Waals surface area contributed by atoms with Crippen LogP contribution in [0.25, 0.3) is 0 Å². The minimum absolute atomic E-state index is 0.105. The smallest absolute Gasteiger partial charge is 0.269 e. The molecule has 0 amide bonds. The van der Waals surface area contributed by atoms with Crippen LogP contribution in [0.1, 0.15) is 12.1 Å². The minimum atomic E-state index is -0.108. The fourth-order valence-electron chi connectivity index (χ4n) is 1.04. The predicted molar refractivity (Wildman–Crippen MR) is 44.9 cm³/mol. The first kappa shape index (κ1) is 8.93. The van der Waals surface area contributed by atoms with Gasteiger partial charge in [0.05, 0.1) is 6.20 Å². The van der Waals surface area contributed by atoms with Crippen LogP contribution in [-0.4, -0.2) is 21.3 Å². The standard InChI is InChI=1S/C8H12N2O2/c1-7-5-9-6-8(12)10(7)3-2-4-11/h5-6,11H,2-4H2,1H3. The Balaban J connectivity index is 2.89. The Kier molecular flexibility index (Phi) is 2.99. The lowest BCUT2D eigenvalue weighted by molar-refractivity contribution is 0.278. The van der Waals surface area contributed by atoms with E-state index >= 15 is 0 Å². The molecule has 0 saturated carbocycles. The molecule has 0 bridgehead atoms. The van der Waals surface area contributed by atoms with E-state index in [1.807, 2.05) is 6.92 Å². The zero-order valence-electron chi connectivity index (χ0n) is 7.03. The van der Waals surface area contributed by atoms with Gasteiger partial charge < -0.3 is 9.67 Å². The molecule has 0 aliphatic heterocycles. The van der Waals surface area contributed by atoms with Gasteiger partial charge in [0.25, 0.3) is 5.56 Å². The van der Waals surface area contributed by atoms with Gasteiger partial charge in [-0.15, -0.1) is 0 Å². The third kappa shape index (κ3) is 1.92. The molecule has 1 aromatic heterocycles. The van der Waals surface area contributed by atoms with Crippen molar-refractivity contribution in [2.24, 2.45) is 0 Å². The van der Waals surface area contributed by atoms with Gasteiger partial charge in [-0.25, -0.2) is 0 Å². The molecule has 0 spiro atoms. The van der Waals surface area contributed by atoms with Gasteiger partial charge in [-0.3, -0.25) is 9.78 Å². The Morgan fingerprint density at radius 3 is 2.92 bits per heavy atom. The van der Waals surface area contributed by atoms with E-state index in [4.69, 9.17) is 5.11 Å². The van der Waals surface area contributed by atoms with Crippen molar-refractivity contribution in [2.75, 3.05) is 6.61 Å². The third-order valence-corrected chi connectivity index (χ3v) is 1.68. The number of aromatic nitrogens is 2. The lowest BCUT2D eigenvalue weighted by Crippen LogP contribution is -2.22. The summed E-state index contributed by atoms with van der Waals surface area (Å²) in [6.45, 7) is 2.49. The van der Waals surface area contributed by atoms with Crippen molar-refractivity contribution < 1.29 is 5.11 Å². The number of hydrogen-bond acceptors (Lipinski definition) is 3. The maximum absolute atomic E-state index is 11.2. The van der Waals surface area contributed by atoms with Crippen molar-refractivity contribution in [3.05, 3.63) is 28.4 Å². The second-order valence-corrected chi connectivity index (χ2v) is 2.62. The molecule has 0 aromatic carbocycles. The highest BCUT2D eigenvalue weighted by atomic mass is 16.3. The van der Waals surface area contributed by atoms with Gasteiger partial charge in [0, 0.05) is 25.0 Å². The van der Waals surface area contributed by atoms with Crippen molar-refractivity contribution in [1.29, 1.82) is 0 Å². The van der Waals surface area contributed by atoms with Crippen LogP contribution in [0.5, 0.6) is 0 Å². The molecule has 0 aliphatic rings. The number of aliphatic hydroxyl groups excluding tert-OH is 1. The van der Waals surface area contributed by atoms with Crippen molar-refractivity contribution in [1.82, 2.24) is 9.55 Å². The normalized spacial score (nSPS) is 10.2. The average molecular weight is 168 g/mol. The second-order valence-electron chi connectivity index (χ2n) is 2.62. The predicted octanol–water partition coefficient (Wildman–Crippen LogP) is -0.0659. The van der Waals surface area contributed by atoms with E-state index in [1.54, 1.807) is 10.8 Å². The van der Waals surface area contributed by atoms with Crippen LogP contribution < -0.4 is 5.56 Å². The maximum Gasteiger partial charge on any atom is 0.269 e. The minimum Gasteiger partial charge on any atom is -0.396 e. The first-order chi connectivity index (χ1) is 5.75. The summed E-state index contributed by atoms with van der Waals surface area (Å²) in [6, 6.07) is 0. The van der Waals surface area contributed by atoms with Gasteiger partial charge in [0.2, 0.25) is 0 Å². The Hall–Kier alpha value is -1.16. The molecular formula is C8H12N2O2. The van der Waals surface area contributed by atoms with Gasteiger partial charge >= 0.3 is 0 Å². The lowest BCUT2D eigenvalue weighted by Gasteiger charge is -2.06. The van der Waals surface area contributed by atoms with E-state index in [0.29, 0.717) is 13.0 Å². The summed E-state index contributed by atoms with van der Waals surface area (Å²) in [4.78, 5) is 14.9. The molecule has 66 valence electrons. The molecule has 0 saturated heterocycles. The summed E-state index contributed by atoms with van der Waals surface area (Å²) in [5, 5.41) is 8.58. The monoisotopic (exact) mass is 168 g/mol. The quantitative estimate of drug-likeness (QED) is 0.687. The van der Waals surface area contributed by atoms with E-state index in [9.17, 15) is 4.79 Å². The van der Waals surface area contributed by atoms with Crippen LogP contribution in [0.4, 0.5) is 0 Å². The molecule has 4 nitrogen and oxygen atoms in total. The van der Waals surface area contributed by atoms with Crippen LogP contribution in [0, 0.1) is 6.92 Å². The molecule has 0 atom stereocenters. The number of hydrogen-bond donors (Lipinski definition) is 1. The van der Waals surface area contributed by atoms with Gasteiger partial charge in [0.15, 0.2) is 0 Å². The summed E-state index contributed by atoms with van der Waals surface area (Å²) in [5.74, 6) is 0. The van der Waals surface area contributed by atoms with Crippen LogP contribution in [0.15, 0.2) is 17.2 Å². The van der Waals surface area contributed by atoms with Crippen LogP contribution >= 0.6 is 0 Å².